The van der Waals surface area contributed by atoms with Crippen molar-refractivity contribution in [2.45, 2.75) is 19.4 Å². The van der Waals surface area contributed by atoms with Gasteiger partial charge in [-0.1, -0.05) is 0 Å². The van der Waals surface area contributed by atoms with Crippen LogP contribution in [0.3, 0.4) is 0 Å². The third-order valence-electron chi connectivity index (χ3n) is 2.08. The van der Waals surface area contributed by atoms with E-state index in [1.165, 1.54) is 0 Å². The van der Waals surface area contributed by atoms with E-state index >= 15 is 0 Å². The molecule has 1 aromatic heterocycles. The molecule has 13 heavy (non-hydrogen) atoms. The molecule has 0 aliphatic rings. The molecule has 0 aliphatic carbocycles. The molecule has 1 atom stereocenters. The summed E-state index contributed by atoms with van der Waals surface area (Å²) >= 11 is 0. The van der Waals surface area contributed by atoms with Crippen molar-refractivity contribution < 1.29 is 4.74 Å². The quantitative estimate of drug-likeness (QED) is 0.750. The second kappa shape index (κ2) is 4.39. The number of ether oxygens (including phenoxy) is 1. The summed E-state index contributed by atoms with van der Waals surface area (Å²) in [6.07, 6.45) is 0.895. The molecule has 1 rings (SSSR count). The van der Waals surface area contributed by atoms with Gasteiger partial charge >= 0.3 is 0 Å². The lowest BCUT2D eigenvalue weighted by atomic mass is 10.2. The highest BCUT2D eigenvalue weighted by molar-refractivity contribution is 5.11. The maximum absolute atomic E-state index is 5.49. The maximum Gasteiger partial charge on any atom is 0.0999 e. The first-order valence-corrected chi connectivity index (χ1v) is 4.42. The van der Waals surface area contributed by atoms with Gasteiger partial charge in [0.1, 0.15) is 0 Å². The minimum atomic E-state index is 0.0659. The Morgan fingerprint density at radius 3 is 2.77 bits per heavy atom. The topological polar surface area (TPSA) is 53.1 Å². The van der Waals surface area contributed by atoms with E-state index in [0.717, 1.165) is 17.8 Å². The van der Waals surface area contributed by atoms with Crippen LogP contribution in [0.1, 0.15) is 23.9 Å². The van der Waals surface area contributed by atoms with Gasteiger partial charge in [-0.15, -0.1) is 0 Å². The van der Waals surface area contributed by atoms with Crippen LogP contribution < -0.4 is 5.73 Å². The first-order chi connectivity index (χ1) is 6.19. The zero-order valence-electron chi connectivity index (χ0n) is 8.45. The van der Waals surface area contributed by atoms with E-state index in [9.17, 15) is 0 Å². The zero-order valence-corrected chi connectivity index (χ0v) is 8.45. The minimum Gasteiger partial charge on any atom is -0.375 e. The van der Waals surface area contributed by atoms with E-state index in [1.54, 1.807) is 7.11 Å². The highest BCUT2D eigenvalue weighted by Crippen LogP contribution is 2.19. The Bertz CT molecular complexity index is 270. The van der Waals surface area contributed by atoms with Gasteiger partial charge in [-0.2, -0.15) is 5.10 Å². The molecule has 0 aromatic carbocycles. The second-order valence-electron chi connectivity index (χ2n) is 3.14. The molecule has 1 heterocycles. The van der Waals surface area contributed by atoms with Gasteiger partial charge in [-0.3, -0.25) is 4.68 Å². The molecule has 0 spiro atoms. The van der Waals surface area contributed by atoms with Gasteiger partial charge in [-0.25, -0.2) is 0 Å². The highest BCUT2D eigenvalue weighted by atomic mass is 16.5. The van der Waals surface area contributed by atoms with Crippen molar-refractivity contribution in [1.82, 2.24) is 9.78 Å². The molecule has 0 aliphatic heterocycles. The molecule has 0 amide bonds. The van der Waals surface area contributed by atoms with Crippen LogP contribution in [-0.4, -0.2) is 23.4 Å². The summed E-state index contributed by atoms with van der Waals surface area (Å²) in [6.45, 7) is 2.60. The van der Waals surface area contributed by atoms with Crippen molar-refractivity contribution in [3.63, 3.8) is 0 Å². The first-order valence-electron chi connectivity index (χ1n) is 4.42. The van der Waals surface area contributed by atoms with Gasteiger partial charge < -0.3 is 10.5 Å². The number of nitrogens with two attached hydrogens (primary N) is 1. The Balaban J connectivity index is 2.83. The molecule has 0 fully saturated rings. The fourth-order valence-corrected chi connectivity index (χ4v) is 1.47. The van der Waals surface area contributed by atoms with Crippen LogP contribution in [0, 0.1) is 6.92 Å². The Labute approximate surface area is 78.7 Å². The Kier molecular flexibility index (Phi) is 3.45. The summed E-state index contributed by atoms with van der Waals surface area (Å²) in [4.78, 5) is 0. The van der Waals surface area contributed by atoms with Crippen molar-refractivity contribution in [2.24, 2.45) is 12.8 Å². The summed E-state index contributed by atoms with van der Waals surface area (Å²) < 4.78 is 7.18. The smallest absolute Gasteiger partial charge is 0.0999 e. The largest absolute Gasteiger partial charge is 0.375 e. The number of nitrogens with zero attached hydrogens (tertiary/aromatic N) is 2. The molecule has 0 saturated heterocycles. The Hall–Kier alpha value is -0.870. The third kappa shape index (κ3) is 2.29. The van der Waals surface area contributed by atoms with Crippen LogP contribution in [0.4, 0.5) is 0 Å². The summed E-state index contributed by atoms with van der Waals surface area (Å²) in [5.41, 5.74) is 7.59. The van der Waals surface area contributed by atoms with Crippen LogP contribution in [-0.2, 0) is 11.8 Å². The first kappa shape index (κ1) is 10.2. The summed E-state index contributed by atoms with van der Waals surface area (Å²) in [5.74, 6) is 0. The van der Waals surface area contributed by atoms with Gasteiger partial charge in [0.05, 0.1) is 17.5 Å². The average molecular weight is 183 g/mol. The van der Waals surface area contributed by atoms with Crippen LogP contribution in [0.2, 0.25) is 0 Å². The molecule has 0 bridgehead atoms. The van der Waals surface area contributed by atoms with Crippen molar-refractivity contribution in [3.8, 4) is 0 Å². The van der Waals surface area contributed by atoms with E-state index < -0.39 is 0 Å². The highest BCUT2D eigenvalue weighted by Gasteiger charge is 2.13. The van der Waals surface area contributed by atoms with Gasteiger partial charge in [0.15, 0.2) is 0 Å². The molecule has 1 unspecified atom stereocenters. The van der Waals surface area contributed by atoms with E-state index in [2.05, 4.69) is 5.10 Å². The fourth-order valence-electron chi connectivity index (χ4n) is 1.47. The molecular weight excluding hydrogens is 166 g/mol. The molecule has 74 valence electrons. The SMILES string of the molecule is COC(CCN)c1cc(C)nn1C. The molecule has 1 aromatic rings. The van der Waals surface area contributed by atoms with Crippen molar-refractivity contribution >= 4 is 0 Å². The number of rotatable bonds is 4. The zero-order chi connectivity index (χ0) is 9.84. The van der Waals surface area contributed by atoms with Crippen LogP contribution in [0.25, 0.3) is 0 Å². The van der Waals surface area contributed by atoms with Gasteiger partial charge in [0.25, 0.3) is 0 Å². The standard InChI is InChI=1S/C9H17N3O/c1-7-6-8(12(2)11-7)9(13-3)4-5-10/h6,9H,4-5,10H2,1-3H3. The molecular formula is C9H17N3O. The van der Waals surface area contributed by atoms with Crippen molar-refractivity contribution in [1.29, 1.82) is 0 Å². The van der Waals surface area contributed by atoms with E-state index in [4.69, 9.17) is 10.5 Å². The number of hydrogen-bond donors (Lipinski definition) is 1. The van der Waals surface area contributed by atoms with Gasteiger partial charge in [0.2, 0.25) is 0 Å². The van der Waals surface area contributed by atoms with Crippen molar-refractivity contribution in [2.75, 3.05) is 13.7 Å². The van der Waals surface area contributed by atoms with Gasteiger partial charge in [0, 0.05) is 14.2 Å². The molecule has 4 heteroatoms. The maximum atomic E-state index is 5.49. The number of hydrogen-bond acceptors (Lipinski definition) is 3. The molecule has 2 N–H and O–H groups in total. The van der Waals surface area contributed by atoms with Crippen molar-refractivity contribution in [3.05, 3.63) is 17.5 Å². The monoisotopic (exact) mass is 183 g/mol. The lowest BCUT2D eigenvalue weighted by Gasteiger charge is -2.13. The second-order valence-corrected chi connectivity index (χ2v) is 3.14. The number of aryl methyl sites for hydroxylation is 2. The molecule has 4 nitrogen and oxygen atoms in total. The predicted octanol–water partition coefficient (Wildman–Crippen LogP) is 0.765. The van der Waals surface area contributed by atoms with Crippen LogP contribution in [0.15, 0.2) is 6.07 Å². The van der Waals surface area contributed by atoms with E-state index in [-0.39, 0.29) is 6.10 Å². The Morgan fingerprint density at radius 2 is 2.38 bits per heavy atom. The predicted molar refractivity (Wildman–Crippen MR) is 51.4 cm³/mol. The third-order valence-corrected chi connectivity index (χ3v) is 2.08. The normalized spacial score (nSPS) is 13.2. The number of aromatic nitrogens is 2. The minimum absolute atomic E-state index is 0.0659. The lowest BCUT2D eigenvalue weighted by Crippen LogP contribution is -2.12. The van der Waals surface area contributed by atoms with Gasteiger partial charge in [-0.05, 0) is 26.0 Å². The van der Waals surface area contributed by atoms with Crippen LogP contribution >= 0.6 is 0 Å². The fraction of sp³-hybridized carbons (Fsp3) is 0.667. The summed E-state index contributed by atoms with van der Waals surface area (Å²) in [5, 5.41) is 4.26. The number of methoxy groups -OCH3 is 1. The average Bonchev–Trinajstić information content (AvgIpc) is 2.41. The Morgan fingerprint density at radius 1 is 1.69 bits per heavy atom. The molecule has 0 radical (unpaired) electrons. The lowest BCUT2D eigenvalue weighted by molar-refractivity contribution is 0.0909. The van der Waals surface area contributed by atoms with E-state index in [0.29, 0.717) is 6.54 Å². The summed E-state index contributed by atoms with van der Waals surface area (Å²) in [6, 6.07) is 2.03. The van der Waals surface area contributed by atoms with Crippen LogP contribution in [0.5, 0.6) is 0 Å². The molecule has 0 saturated carbocycles. The summed E-state index contributed by atoms with van der Waals surface area (Å²) in [7, 11) is 3.62. The van der Waals surface area contributed by atoms with E-state index in [1.807, 2.05) is 24.7 Å².